The van der Waals surface area contributed by atoms with Crippen LogP contribution in [0.25, 0.3) is 0 Å². The van der Waals surface area contributed by atoms with Crippen molar-refractivity contribution in [3.63, 3.8) is 0 Å². The fourth-order valence-corrected chi connectivity index (χ4v) is 1.21. The zero-order chi connectivity index (χ0) is 12.3. The molecule has 2 aromatic rings. The van der Waals surface area contributed by atoms with Gasteiger partial charge in [-0.05, 0) is 11.6 Å². The lowest BCUT2D eigenvalue weighted by atomic mass is 10.4. The van der Waals surface area contributed by atoms with Crippen molar-refractivity contribution in [2.45, 2.75) is 0 Å². The van der Waals surface area contributed by atoms with Crippen molar-refractivity contribution in [3.8, 4) is 0 Å². The summed E-state index contributed by atoms with van der Waals surface area (Å²) in [4.78, 5) is 19.1. The van der Waals surface area contributed by atoms with E-state index in [9.17, 15) is 4.79 Å². The quantitative estimate of drug-likeness (QED) is 0.418. The van der Waals surface area contributed by atoms with Crippen molar-refractivity contribution < 1.29 is 9.32 Å². The van der Waals surface area contributed by atoms with Crippen LogP contribution in [-0.2, 0) is 0 Å². The molecule has 17 heavy (non-hydrogen) atoms. The van der Waals surface area contributed by atoms with Crippen LogP contribution in [0.5, 0.6) is 0 Å². The summed E-state index contributed by atoms with van der Waals surface area (Å²) in [5, 5.41) is 5.92. The number of nitrogens with zero attached hydrogens (tertiary/aromatic N) is 3. The van der Waals surface area contributed by atoms with Crippen molar-refractivity contribution in [2.24, 2.45) is 5.84 Å². The Morgan fingerprint density at radius 3 is 3.00 bits per heavy atom. The molecule has 2 heterocycles. The highest BCUT2D eigenvalue weighted by atomic mass is 35.5. The average molecular weight is 255 g/mol. The number of nitrogens with one attached hydrogen (secondary N) is 2. The van der Waals surface area contributed by atoms with Crippen LogP contribution in [0.2, 0.25) is 5.28 Å². The Bertz CT molecular complexity index is 529. The van der Waals surface area contributed by atoms with Gasteiger partial charge in [-0.15, -0.1) is 0 Å². The smallest absolute Gasteiger partial charge is 0.294 e. The van der Waals surface area contributed by atoms with Gasteiger partial charge in [-0.25, -0.2) is 10.8 Å². The maximum Gasteiger partial charge on any atom is 0.294 e. The lowest BCUT2D eigenvalue weighted by Crippen LogP contribution is -2.16. The minimum atomic E-state index is -0.495. The van der Waals surface area contributed by atoms with Crippen molar-refractivity contribution in [3.05, 3.63) is 29.5 Å². The van der Waals surface area contributed by atoms with Crippen LogP contribution in [-0.4, -0.2) is 21.0 Å². The molecule has 1 amide bonds. The fourth-order valence-electron chi connectivity index (χ4n) is 1.08. The van der Waals surface area contributed by atoms with Crippen LogP contribution in [0.1, 0.15) is 10.6 Å². The first-order valence-corrected chi connectivity index (χ1v) is 4.79. The minimum Gasteiger partial charge on any atom is -0.351 e. The molecule has 0 aliphatic heterocycles. The molecule has 0 atom stereocenters. The SMILES string of the molecule is NNc1nc(Cl)ncc1NC(=O)c1ccno1. The Balaban J connectivity index is 2.21. The van der Waals surface area contributed by atoms with Crippen molar-refractivity contribution in [1.29, 1.82) is 0 Å². The predicted molar refractivity (Wildman–Crippen MR) is 59.3 cm³/mol. The Morgan fingerprint density at radius 1 is 1.53 bits per heavy atom. The molecule has 8 nitrogen and oxygen atoms in total. The number of aromatic nitrogens is 3. The molecule has 0 radical (unpaired) electrons. The number of amides is 1. The van der Waals surface area contributed by atoms with Crippen LogP contribution in [0, 0.1) is 0 Å². The van der Waals surface area contributed by atoms with E-state index in [0.717, 1.165) is 0 Å². The summed E-state index contributed by atoms with van der Waals surface area (Å²) in [5.74, 6) is 4.98. The van der Waals surface area contributed by atoms with Crippen LogP contribution in [0.4, 0.5) is 11.5 Å². The normalized spacial score (nSPS) is 10.0. The van der Waals surface area contributed by atoms with E-state index < -0.39 is 5.91 Å². The Labute approximate surface area is 100 Å². The predicted octanol–water partition coefficient (Wildman–Crippen LogP) is 0.656. The summed E-state index contributed by atoms with van der Waals surface area (Å²) >= 11 is 5.57. The van der Waals surface area contributed by atoms with Gasteiger partial charge in [0, 0.05) is 6.07 Å². The van der Waals surface area contributed by atoms with Gasteiger partial charge in [-0.2, -0.15) is 4.98 Å². The Hall–Kier alpha value is -2.19. The second kappa shape index (κ2) is 4.76. The van der Waals surface area contributed by atoms with Gasteiger partial charge in [0.25, 0.3) is 5.91 Å². The molecule has 0 bridgehead atoms. The summed E-state index contributed by atoms with van der Waals surface area (Å²) in [6.07, 6.45) is 2.67. The monoisotopic (exact) mass is 254 g/mol. The molecule has 0 saturated carbocycles. The molecule has 0 aliphatic carbocycles. The molecule has 2 rings (SSSR count). The molecule has 88 valence electrons. The lowest BCUT2D eigenvalue weighted by Gasteiger charge is -2.07. The average Bonchev–Trinajstić information content (AvgIpc) is 2.85. The molecule has 0 fully saturated rings. The number of carbonyl (C=O) groups excluding carboxylic acids is 1. The third-order valence-electron chi connectivity index (χ3n) is 1.81. The van der Waals surface area contributed by atoms with Crippen LogP contribution in [0.15, 0.2) is 23.0 Å². The van der Waals surface area contributed by atoms with Crippen LogP contribution in [0.3, 0.4) is 0 Å². The lowest BCUT2D eigenvalue weighted by molar-refractivity contribution is 0.0988. The summed E-state index contributed by atoms with van der Waals surface area (Å²) < 4.78 is 4.68. The molecular weight excluding hydrogens is 248 g/mol. The summed E-state index contributed by atoms with van der Waals surface area (Å²) in [7, 11) is 0. The van der Waals surface area contributed by atoms with Gasteiger partial charge in [0.2, 0.25) is 11.0 Å². The maximum absolute atomic E-state index is 11.6. The number of rotatable bonds is 3. The largest absolute Gasteiger partial charge is 0.351 e. The van der Waals surface area contributed by atoms with Crippen molar-refractivity contribution >= 4 is 29.0 Å². The number of hydrogen-bond acceptors (Lipinski definition) is 7. The maximum atomic E-state index is 11.6. The molecule has 0 unspecified atom stereocenters. The number of nitrogens with two attached hydrogens (primary N) is 1. The highest BCUT2D eigenvalue weighted by Crippen LogP contribution is 2.19. The van der Waals surface area contributed by atoms with Gasteiger partial charge in [-0.3, -0.25) is 4.79 Å². The Morgan fingerprint density at radius 2 is 2.35 bits per heavy atom. The van der Waals surface area contributed by atoms with E-state index in [1.807, 2.05) is 0 Å². The van der Waals surface area contributed by atoms with Gasteiger partial charge in [-0.1, -0.05) is 5.16 Å². The second-order valence-corrected chi connectivity index (χ2v) is 3.21. The number of hydrogen-bond donors (Lipinski definition) is 3. The van der Waals surface area contributed by atoms with Crippen molar-refractivity contribution in [2.75, 3.05) is 10.7 Å². The number of carbonyl (C=O) groups is 1. The zero-order valence-electron chi connectivity index (χ0n) is 8.35. The molecule has 2 aromatic heterocycles. The van der Waals surface area contributed by atoms with E-state index >= 15 is 0 Å². The van der Waals surface area contributed by atoms with Gasteiger partial charge in [0.05, 0.1) is 12.4 Å². The first-order chi connectivity index (χ1) is 8.20. The summed E-state index contributed by atoms with van der Waals surface area (Å²) in [6, 6.07) is 1.42. The second-order valence-electron chi connectivity index (χ2n) is 2.88. The highest BCUT2D eigenvalue weighted by molar-refractivity contribution is 6.28. The molecule has 0 saturated heterocycles. The first-order valence-electron chi connectivity index (χ1n) is 4.42. The van der Waals surface area contributed by atoms with Gasteiger partial charge < -0.3 is 15.3 Å². The first kappa shape index (κ1) is 11.3. The summed E-state index contributed by atoms with van der Waals surface area (Å²) in [5.41, 5.74) is 2.57. The third kappa shape index (κ3) is 2.49. The minimum absolute atomic E-state index is 0.00983. The highest BCUT2D eigenvalue weighted by Gasteiger charge is 2.13. The third-order valence-corrected chi connectivity index (χ3v) is 1.99. The Kier molecular flexibility index (Phi) is 3.17. The van der Waals surface area contributed by atoms with Crippen molar-refractivity contribution in [1.82, 2.24) is 15.1 Å². The number of nitrogen functional groups attached to an aromatic ring is 1. The number of halogens is 1. The zero-order valence-corrected chi connectivity index (χ0v) is 9.10. The molecule has 0 aliphatic rings. The van der Waals surface area contributed by atoms with Crippen LogP contribution >= 0.6 is 11.6 Å². The molecule has 9 heteroatoms. The van der Waals surface area contributed by atoms with E-state index in [1.165, 1.54) is 18.5 Å². The van der Waals surface area contributed by atoms with Crippen LogP contribution < -0.4 is 16.6 Å². The number of hydrazine groups is 1. The molecule has 0 spiro atoms. The topological polar surface area (TPSA) is 119 Å². The molecule has 0 aromatic carbocycles. The van der Waals surface area contributed by atoms with Gasteiger partial charge in [0.1, 0.15) is 5.69 Å². The van der Waals surface area contributed by atoms with E-state index in [-0.39, 0.29) is 22.5 Å². The summed E-state index contributed by atoms with van der Waals surface area (Å²) in [6.45, 7) is 0. The van der Waals surface area contributed by atoms with E-state index in [0.29, 0.717) is 0 Å². The van der Waals surface area contributed by atoms with Gasteiger partial charge in [0.15, 0.2) is 5.82 Å². The standard InChI is InChI=1S/C8H7ClN6O2/c9-8-11-3-4(6(14-8)15-10)13-7(16)5-1-2-12-17-5/h1-3H,10H2,(H,13,16)(H,11,14,15). The van der Waals surface area contributed by atoms with E-state index in [4.69, 9.17) is 17.4 Å². The molecular formula is C8H7ClN6O2. The molecule has 4 N–H and O–H groups in total. The van der Waals surface area contributed by atoms with E-state index in [2.05, 4.69) is 30.4 Å². The van der Waals surface area contributed by atoms with Gasteiger partial charge >= 0.3 is 0 Å². The number of anilines is 2. The fraction of sp³-hybridized carbons (Fsp3) is 0. The van der Waals surface area contributed by atoms with E-state index in [1.54, 1.807) is 0 Å².